The van der Waals surface area contributed by atoms with Crippen LogP contribution in [0.2, 0.25) is 0 Å². The normalized spacial score (nSPS) is 35.4. The molecule has 0 spiro atoms. The molecule has 4 fully saturated rings. The van der Waals surface area contributed by atoms with Gasteiger partial charge in [-0.2, -0.15) is 0 Å². The van der Waals surface area contributed by atoms with Crippen LogP contribution in [0.25, 0.3) is 0 Å². The molecule has 0 radical (unpaired) electrons. The molecule has 0 aromatic heterocycles. The zero-order chi connectivity index (χ0) is 36.5. The van der Waals surface area contributed by atoms with E-state index in [-0.39, 0.29) is 5.41 Å². The molecule has 4 saturated carbocycles. The van der Waals surface area contributed by atoms with Gasteiger partial charge in [0.15, 0.2) is 0 Å². The van der Waals surface area contributed by atoms with Gasteiger partial charge in [-0.15, -0.1) is 0 Å². The van der Waals surface area contributed by atoms with Crippen LogP contribution in [0.1, 0.15) is 176 Å². The summed E-state index contributed by atoms with van der Waals surface area (Å²) in [5.41, 5.74) is 12.4. The average Bonchev–Trinajstić information content (AvgIpc) is 3.49. The lowest BCUT2D eigenvalue weighted by molar-refractivity contribution is -0.227. The Morgan fingerprint density at radius 1 is 0.667 bits per heavy atom. The number of nitrogens with two attached hydrogens (primary N) is 2. The Kier molecular flexibility index (Phi) is 19.6. The third-order valence-corrected chi connectivity index (χ3v) is 15.1. The monoisotopic (exact) mass is 718 g/mol. The fourth-order valence-corrected chi connectivity index (χ4v) is 12.1. The fraction of sp³-hybridized carbons (Fsp3) is 1.00. The molecule has 4 aliphatic carbocycles. The van der Waals surface area contributed by atoms with Crippen molar-refractivity contribution in [3.05, 3.63) is 0 Å². The van der Waals surface area contributed by atoms with Gasteiger partial charge >= 0.3 is 0 Å². The highest BCUT2D eigenvalue weighted by molar-refractivity contribution is 5.15. The number of rotatable bonds is 27. The molecule has 4 aliphatic rings. The van der Waals surface area contributed by atoms with E-state index in [2.05, 4.69) is 39.9 Å². The molecular weight excluding hydrogens is 631 g/mol. The fourth-order valence-electron chi connectivity index (χ4n) is 12.1. The Morgan fingerprint density at radius 2 is 1.31 bits per heavy atom. The highest BCUT2D eigenvalue weighted by Gasteiger charge is 2.66. The molecule has 6 heteroatoms. The highest BCUT2D eigenvalue weighted by atomic mass is 16.5. The van der Waals surface area contributed by atoms with Gasteiger partial charge in [-0.3, -0.25) is 0 Å². The van der Waals surface area contributed by atoms with E-state index in [0.29, 0.717) is 60.5 Å². The van der Waals surface area contributed by atoms with Gasteiger partial charge in [0.2, 0.25) is 0 Å². The molecule has 0 aliphatic heterocycles. The van der Waals surface area contributed by atoms with Crippen LogP contribution in [0.15, 0.2) is 0 Å². The number of hydrogen-bond donors (Lipinski definition) is 3. The predicted molar refractivity (Wildman–Crippen MR) is 216 cm³/mol. The summed E-state index contributed by atoms with van der Waals surface area (Å²) in [6.07, 6.45) is 29.4. The van der Waals surface area contributed by atoms with Crippen LogP contribution in [-0.4, -0.2) is 64.3 Å². The van der Waals surface area contributed by atoms with Crippen LogP contribution in [0.3, 0.4) is 0 Å². The van der Waals surface area contributed by atoms with Crippen LogP contribution in [0, 0.1) is 46.3 Å². The summed E-state index contributed by atoms with van der Waals surface area (Å²) in [4.78, 5) is 0. The topological polar surface area (TPSA) is 91.8 Å². The lowest BCUT2D eigenvalue weighted by Gasteiger charge is -2.65. The molecule has 4 rings (SSSR count). The zero-order valence-electron chi connectivity index (χ0n) is 34.6. The Labute approximate surface area is 316 Å². The van der Waals surface area contributed by atoms with Crippen LogP contribution < -0.4 is 16.8 Å². The van der Waals surface area contributed by atoms with E-state index < -0.39 is 0 Å². The summed E-state index contributed by atoms with van der Waals surface area (Å²) >= 11 is 0. The molecule has 5 N–H and O–H groups in total. The molecule has 0 aromatic rings. The van der Waals surface area contributed by atoms with E-state index in [9.17, 15) is 0 Å². The van der Waals surface area contributed by atoms with E-state index >= 15 is 0 Å². The van der Waals surface area contributed by atoms with Crippen molar-refractivity contribution < 1.29 is 14.2 Å². The van der Waals surface area contributed by atoms with Crippen LogP contribution >= 0.6 is 0 Å². The van der Waals surface area contributed by atoms with Crippen molar-refractivity contribution in [2.45, 2.75) is 194 Å². The standard InChI is InChI=1S/C45H87N3O3/c1-6-8-10-11-12-13-14-15-16-27-48-28-17-20-35(3)38-21-22-39-43-40(34-42(45(38,39)5)51-31-19-26-47)44(4)24-23-37(49-30-18-25-46)32-36(44)33-41(43)50-29-9-7-2/h35-43,48H,6-34,46-47H2,1-5H3/t35-,36+,37-,38-,39+,40+,41-,42+,43+,44+,45-/m1/s1. The van der Waals surface area contributed by atoms with E-state index in [0.717, 1.165) is 44.5 Å². The molecule has 0 bridgehead atoms. The maximum Gasteiger partial charge on any atom is 0.0637 e. The Hall–Kier alpha value is -0.240. The van der Waals surface area contributed by atoms with Crippen molar-refractivity contribution in [2.24, 2.45) is 57.8 Å². The molecular formula is C45H87N3O3. The Balaban J connectivity index is 1.38. The van der Waals surface area contributed by atoms with Gasteiger partial charge in [-0.25, -0.2) is 0 Å². The second kappa shape index (κ2) is 23.0. The number of fused-ring (bicyclic) bond motifs is 5. The minimum absolute atomic E-state index is 0.206. The van der Waals surface area contributed by atoms with Gasteiger partial charge in [0.25, 0.3) is 0 Å². The number of nitrogens with one attached hydrogen (secondary N) is 1. The first-order chi connectivity index (χ1) is 24.8. The van der Waals surface area contributed by atoms with Crippen LogP contribution in [0.4, 0.5) is 0 Å². The van der Waals surface area contributed by atoms with Gasteiger partial charge in [0.1, 0.15) is 0 Å². The maximum atomic E-state index is 7.07. The number of unbranched alkanes of at least 4 members (excludes halogenated alkanes) is 9. The molecule has 51 heavy (non-hydrogen) atoms. The Bertz CT molecular complexity index is 921. The largest absolute Gasteiger partial charge is 0.378 e. The minimum Gasteiger partial charge on any atom is -0.378 e. The van der Waals surface area contributed by atoms with Crippen LogP contribution in [0.5, 0.6) is 0 Å². The van der Waals surface area contributed by atoms with Crippen molar-refractivity contribution in [3.63, 3.8) is 0 Å². The van der Waals surface area contributed by atoms with Crippen molar-refractivity contribution in [1.82, 2.24) is 5.32 Å². The smallest absolute Gasteiger partial charge is 0.0637 e. The summed E-state index contributed by atoms with van der Waals surface area (Å²) in [7, 11) is 0. The second-order valence-corrected chi connectivity index (χ2v) is 18.4. The van der Waals surface area contributed by atoms with Gasteiger partial charge in [0.05, 0.1) is 18.3 Å². The third-order valence-electron chi connectivity index (χ3n) is 15.1. The lowest BCUT2D eigenvalue weighted by atomic mass is 9.43. The second-order valence-electron chi connectivity index (χ2n) is 18.4. The third kappa shape index (κ3) is 11.6. The molecule has 0 unspecified atom stereocenters. The Morgan fingerprint density at radius 3 is 2.02 bits per heavy atom. The summed E-state index contributed by atoms with van der Waals surface area (Å²) < 4.78 is 20.5. The van der Waals surface area contributed by atoms with E-state index in [1.165, 1.54) is 142 Å². The summed E-state index contributed by atoms with van der Waals surface area (Å²) in [5, 5.41) is 3.81. The quantitative estimate of drug-likeness (QED) is 0.0733. The van der Waals surface area contributed by atoms with Crippen molar-refractivity contribution in [1.29, 1.82) is 0 Å². The van der Waals surface area contributed by atoms with E-state index in [1.807, 2.05) is 0 Å². The SMILES string of the molecule is CCCCCCCCCCCNCCC[C@@H](C)[C@H]1CC[C@H]2[C@@H]3[C@H](OCCCC)C[C@@H]4C[C@H](OCCCN)CC[C@]4(C)[C@H]3C[C@H](OCCCN)[C@]12C. The summed E-state index contributed by atoms with van der Waals surface area (Å²) in [6.45, 7) is 18.8. The zero-order valence-corrected chi connectivity index (χ0v) is 34.6. The maximum absolute atomic E-state index is 7.07. The van der Waals surface area contributed by atoms with Gasteiger partial charge in [-0.1, -0.05) is 92.4 Å². The van der Waals surface area contributed by atoms with Gasteiger partial charge in [0, 0.05) is 25.2 Å². The van der Waals surface area contributed by atoms with E-state index in [4.69, 9.17) is 25.7 Å². The average molecular weight is 718 g/mol. The minimum atomic E-state index is 0.206. The first kappa shape index (κ1) is 43.5. The predicted octanol–water partition coefficient (Wildman–Crippen LogP) is 10.1. The van der Waals surface area contributed by atoms with Crippen molar-refractivity contribution in [2.75, 3.05) is 46.0 Å². The molecule has 300 valence electrons. The summed E-state index contributed by atoms with van der Waals surface area (Å²) in [5.74, 6) is 4.09. The summed E-state index contributed by atoms with van der Waals surface area (Å²) in [6, 6.07) is 0. The molecule has 6 nitrogen and oxygen atoms in total. The lowest BCUT2D eigenvalue weighted by Crippen LogP contribution is -2.63. The molecule has 0 saturated heterocycles. The number of ether oxygens (including phenoxy) is 3. The molecule has 0 heterocycles. The van der Waals surface area contributed by atoms with E-state index in [1.54, 1.807) is 0 Å². The van der Waals surface area contributed by atoms with Crippen LogP contribution in [-0.2, 0) is 14.2 Å². The van der Waals surface area contributed by atoms with Crippen molar-refractivity contribution in [3.8, 4) is 0 Å². The van der Waals surface area contributed by atoms with Gasteiger partial charge < -0.3 is 31.0 Å². The molecule has 0 amide bonds. The first-order valence-corrected chi connectivity index (χ1v) is 22.8. The van der Waals surface area contributed by atoms with Crippen molar-refractivity contribution >= 4 is 0 Å². The van der Waals surface area contributed by atoms with Gasteiger partial charge in [-0.05, 0) is 151 Å². The molecule has 0 aromatic carbocycles. The first-order valence-electron chi connectivity index (χ1n) is 22.8. The number of hydrogen-bond acceptors (Lipinski definition) is 6. The molecule has 11 atom stereocenters. The highest BCUT2D eigenvalue weighted by Crippen LogP contribution is 2.69.